The molecule has 0 fully saturated rings. The van der Waals surface area contributed by atoms with E-state index in [0.717, 1.165) is 31.2 Å². The van der Waals surface area contributed by atoms with Gasteiger partial charge < -0.3 is 9.73 Å². The van der Waals surface area contributed by atoms with Crippen molar-refractivity contribution in [3.63, 3.8) is 0 Å². The third-order valence-corrected chi connectivity index (χ3v) is 4.30. The first kappa shape index (κ1) is 11.7. The minimum atomic E-state index is 0.276. The molecule has 94 valence electrons. The van der Waals surface area contributed by atoms with Crippen molar-refractivity contribution in [2.24, 2.45) is 0 Å². The third-order valence-electron chi connectivity index (χ3n) is 2.99. The lowest BCUT2D eigenvalue weighted by Gasteiger charge is -2.00. The Hall–Kier alpha value is -1.33. The van der Waals surface area contributed by atoms with Gasteiger partial charge in [0.25, 0.3) is 0 Å². The second-order valence-electron chi connectivity index (χ2n) is 4.31. The van der Waals surface area contributed by atoms with Crippen LogP contribution in [0.15, 0.2) is 33.6 Å². The van der Waals surface area contributed by atoms with Crippen LogP contribution in [0.5, 0.6) is 0 Å². The Morgan fingerprint density at radius 3 is 3.11 bits per heavy atom. The highest BCUT2D eigenvalue weighted by Crippen LogP contribution is 2.45. The van der Waals surface area contributed by atoms with Gasteiger partial charge in [-0.3, -0.25) is 0 Å². The molecule has 0 spiro atoms. The lowest BCUT2D eigenvalue weighted by molar-refractivity contribution is 0.444. The number of fused-ring (bicyclic) bond motifs is 1. The largest absolute Gasteiger partial charge is 0.424 e. The van der Waals surface area contributed by atoms with E-state index in [-0.39, 0.29) is 5.25 Å². The fraction of sp³-hybridized carbons (Fsp3) is 0.385. The van der Waals surface area contributed by atoms with E-state index in [2.05, 4.69) is 39.8 Å². The van der Waals surface area contributed by atoms with E-state index < -0.39 is 0 Å². The Kier molecular flexibility index (Phi) is 3.34. The minimum absolute atomic E-state index is 0.276. The molecule has 5 heteroatoms. The maximum absolute atomic E-state index is 5.72. The van der Waals surface area contributed by atoms with E-state index in [4.69, 9.17) is 4.42 Å². The van der Waals surface area contributed by atoms with Gasteiger partial charge >= 0.3 is 0 Å². The van der Waals surface area contributed by atoms with Crippen molar-refractivity contribution in [2.45, 2.75) is 23.0 Å². The van der Waals surface area contributed by atoms with Gasteiger partial charge in [0.15, 0.2) is 0 Å². The molecule has 18 heavy (non-hydrogen) atoms. The first-order chi connectivity index (χ1) is 8.86. The van der Waals surface area contributed by atoms with Crippen LogP contribution in [-0.4, -0.2) is 23.8 Å². The maximum Gasteiger partial charge on any atom is 0.230 e. The van der Waals surface area contributed by atoms with Crippen molar-refractivity contribution in [1.29, 1.82) is 0 Å². The third kappa shape index (κ3) is 2.28. The highest BCUT2D eigenvalue weighted by atomic mass is 32.2. The predicted molar refractivity (Wildman–Crippen MR) is 70.7 cm³/mol. The number of aromatic nitrogens is 2. The topological polar surface area (TPSA) is 51.0 Å². The molecule has 1 atom stereocenters. The standard InChI is InChI=1S/C13H15N3OS/c1-14-7-6-12-15-16-13(17-12)11-8-9-4-2-3-5-10(9)18-11/h2-5,11,14H,6-8H2,1H3. The summed E-state index contributed by atoms with van der Waals surface area (Å²) in [6, 6.07) is 8.47. The number of hydrogen-bond donors (Lipinski definition) is 1. The molecule has 0 radical (unpaired) electrons. The lowest BCUT2D eigenvalue weighted by Crippen LogP contribution is -2.10. The molecule has 0 aliphatic carbocycles. The molecular weight excluding hydrogens is 246 g/mol. The molecule has 0 saturated heterocycles. The van der Waals surface area contributed by atoms with Crippen LogP contribution in [0.2, 0.25) is 0 Å². The summed E-state index contributed by atoms with van der Waals surface area (Å²) < 4.78 is 5.72. The second-order valence-corrected chi connectivity index (χ2v) is 5.55. The molecule has 2 heterocycles. The molecule has 1 aromatic heterocycles. The lowest BCUT2D eigenvalue weighted by atomic mass is 10.1. The van der Waals surface area contributed by atoms with Crippen LogP contribution in [0.1, 0.15) is 22.6 Å². The van der Waals surface area contributed by atoms with E-state index >= 15 is 0 Å². The van der Waals surface area contributed by atoms with Crippen molar-refractivity contribution in [1.82, 2.24) is 15.5 Å². The van der Waals surface area contributed by atoms with Gasteiger partial charge in [-0.25, -0.2) is 0 Å². The van der Waals surface area contributed by atoms with Crippen LogP contribution >= 0.6 is 11.8 Å². The van der Waals surface area contributed by atoms with Gasteiger partial charge in [0, 0.05) is 17.9 Å². The molecule has 0 amide bonds. The van der Waals surface area contributed by atoms with E-state index in [1.165, 1.54) is 10.5 Å². The fourth-order valence-corrected chi connectivity index (χ4v) is 3.27. The van der Waals surface area contributed by atoms with Crippen molar-refractivity contribution in [3.8, 4) is 0 Å². The van der Waals surface area contributed by atoms with Crippen LogP contribution in [-0.2, 0) is 12.8 Å². The Morgan fingerprint density at radius 1 is 1.39 bits per heavy atom. The van der Waals surface area contributed by atoms with Crippen LogP contribution in [0, 0.1) is 0 Å². The molecule has 2 aromatic rings. The van der Waals surface area contributed by atoms with Gasteiger partial charge in [-0.15, -0.1) is 22.0 Å². The molecule has 1 aliphatic heterocycles. The summed E-state index contributed by atoms with van der Waals surface area (Å²) in [5.41, 5.74) is 1.38. The van der Waals surface area contributed by atoms with E-state index in [9.17, 15) is 0 Å². The van der Waals surface area contributed by atoms with E-state index in [0.29, 0.717) is 0 Å². The number of hydrogen-bond acceptors (Lipinski definition) is 5. The smallest absolute Gasteiger partial charge is 0.230 e. The van der Waals surface area contributed by atoms with Gasteiger partial charge in [0.05, 0.1) is 5.25 Å². The van der Waals surface area contributed by atoms with Gasteiger partial charge in [-0.05, 0) is 25.1 Å². The Labute approximate surface area is 110 Å². The van der Waals surface area contributed by atoms with Crippen LogP contribution in [0.25, 0.3) is 0 Å². The molecule has 1 aliphatic rings. The van der Waals surface area contributed by atoms with Crippen LogP contribution in [0.3, 0.4) is 0 Å². The summed E-state index contributed by atoms with van der Waals surface area (Å²) in [5, 5.41) is 11.6. The van der Waals surface area contributed by atoms with Crippen molar-refractivity contribution in [2.75, 3.05) is 13.6 Å². The molecule has 3 rings (SSSR count). The molecule has 0 saturated carbocycles. The average Bonchev–Trinajstić information content (AvgIpc) is 3.02. The summed E-state index contributed by atoms with van der Waals surface area (Å²) in [6.07, 6.45) is 1.77. The van der Waals surface area contributed by atoms with E-state index in [1.807, 2.05) is 18.8 Å². The number of benzene rings is 1. The van der Waals surface area contributed by atoms with Crippen molar-refractivity contribution < 1.29 is 4.42 Å². The first-order valence-electron chi connectivity index (χ1n) is 6.08. The van der Waals surface area contributed by atoms with E-state index in [1.54, 1.807) is 0 Å². The average molecular weight is 261 g/mol. The number of nitrogens with zero attached hydrogens (tertiary/aromatic N) is 2. The highest BCUT2D eigenvalue weighted by Gasteiger charge is 2.27. The summed E-state index contributed by atoms with van der Waals surface area (Å²) >= 11 is 1.81. The van der Waals surface area contributed by atoms with Crippen molar-refractivity contribution >= 4 is 11.8 Å². The van der Waals surface area contributed by atoms with Gasteiger partial charge in [-0.1, -0.05) is 18.2 Å². The van der Waals surface area contributed by atoms with Gasteiger partial charge in [-0.2, -0.15) is 0 Å². The van der Waals surface area contributed by atoms with Gasteiger partial charge in [0.2, 0.25) is 11.8 Å². The molecule has 0 bridgehead atoms. The second kappa shape index (κ2) is 5.12. The van der Waals surface area contributed by atoms with Gasteiger partial charge in [0.1, 0.15) is 0 Å². The van der Waals surface area contributed by atoms with Crippen LogP contribution in [0.4, 0.5) is 0 Å². The Morgan fingerprint density at radius 2 is 2.28 bits per heavy atom. The zero-order valence-electron chi connectivity index (χ0n) is 10.2. The molecule has 1 aromatic carbocycles. The Balaban J connectivity index is 1.72. The number of nitrogens with one attached hydrogen (secondary N) is 1. The molecule has 4 nitrogen and oxygen atoms in total. The quantitative estimate of drug-likeness (QED) is 0.914. The normalized spacial score (nSPS) is 17.9. The molecule has 1 N–H and O–H groups in total. The number of thioether (sulfide) groups is 1. The number of likely N-dealkylation sites (N-methyl/N-ethyl adjacent to an activating group) is 1. The maximum atomic E-state index is 5.72. The fourth-order valence-electron chi connectivity index (χ4n) is 2.05. The van der Waals surface area contributed by atoms with Crippen LogP contribution < -0.4 is 5.32 Å². The minimum Gasteiger partial charge on any atom is -0.424 e. The zero-order chi connectivity index (χ0) is 12.4. The number of rotatable bonds is 4. The summed E-state index contributed by atoms with van der Waals surface area (Å²) in [6.45, 7) is 0.861. The zero-order valence-corrected chi connectivity index (χ0v) is 11.0. The molecular formula is C13H15N3OS. The monoisotopic (exact) mass is 261 g/mol. The van der Waals surface area contributed by atoms with Crippen molar-refractivity contribution in [3.05, 3.63) is 41.6 Å². The highest BCUT2D eigenvalue weighted by molar-refractivity contribution is 7.99. The predicted octanol–water partition coefficient (Wildman–Crippen LogP) is 2.22. The SMILES string of the molecule is CNCCc1nnc(C2Cc3ccccc3S2)o1. The first-order valence-corrected chi connectivity index (χ1v) is 6.96. The summed E-state index contributed by atoms with van der Waals surface area (Å²) in [4.78, 5) is 1.33. The summed E-state index contributed by atoms with van der Waals surface area (Å²) in [7, 11) is 1.92. The summed E-state index contributed by atoms with van der Waals surface area (Å²) in [5.74, 6) is 1.47. The Bertz CT molecular complexity index is 516. The molecule has 1 unspecified atom stereocenters.